The average molecular weight is 226 g/mol. The fraction of sp³-hybridized carbons (Fsp3) is 0.600. The molecule has 2 heterocycles. The molecule has 0 bridgehead atoms. The maximum absolute atomic E-state index is 11.3. The molecular weight excluding hydrogens is 212 g/mol. The summed E-state index contributed by atoms with van der Waals surface area (Å²) in [4.78, 5) is 15.6. The predicted molar refractivity (Wildman–Crippen MR) is 58.1 cm³/mol. The first kappa shape index (κ1) is 10.6. The number of aryl methyl sites for hydroxylation is 1. The van der Waals surface area contributed by atoms with Gasteiger partial charge in [-0.3, -0.25) is 4.79 Å². The summed E-state index contributed by atoms with van der Waals surface area (Å²) in [6, 6.07) is 0. The van der Waals surface area contributed by atoms with Gasteiger partial charge in [-0.15, -0.1) is 11.3 Å². The van der Waals surface area contributed by atoms with E-state index in [-0.39, 0.29) is 0 Å². The number of thiazole rings is 1. The normalized spacial score (nSPS) is 25.7. The zero-order valence-electron chi connectivity index (χ0n) is 8.62. The molecule has 1 aromatic heterocycles. The van der Waals surface area contributed by atoms with Crippen LogP contribution in [0.5, 0.6) is 0 Å². The second-order valence-electron chi connectivity index (χ2n) is 4.05. The number of nitrogens with zero attached hydrogens (tertiary/aromatic N) is 1. The molecular formula is C10H14N2O2S. The Hall–Kier alpha value is -0.940. The Morgan fingerprint density at radius 1 is 1.80 bits per heavy atom. The zero-order valence-corrected chi connectivity index (χ0v) is 9.43. The van der Waals surface area contributed by atoms with Crippen molar-refractivity contribution in [3.05, 3.63) is 16.1 Å². The molecule has 0 spiro atoms. The summed E-state index contributed by atoms with van der Waals surface area (Å²) < 4.78 is 0. The first-order valence-corrected chi connectivity index (χ1v) is 5.85. The lowest BCUT2D eigenvalue weighted by Crippen LogP contribution is -2.35. The summed E-state index contributed by atoms with van der Waals surface area (Å²) in [5.41, 5.74) is 0.268. The quantitative estimate of drug-likeness (QED) is 0.809. The van der Waals surface area contributed by atoms with Crippen LogP contribution in [0.2, 0.25) is 0 Å². The third-order valence-electron chi connectivity index (χ3n) is 2.88. The van der Waals surface area contributed by atoms with Crippen molar-refractivity contribution in [2.24, 2.45) is 5.41 Å². The van der Waals surface area contributed by atoms with Gasteiger partial charge in [-0.1, -0.05) is 0 Å². The molecule has 0 aromatic carbocycles. The lowest BCUT2D eigenvalue weighted by atomic mass is 9.83. The van der Waals surface area contributed by atoms with E-state index in [0.29, 0.717) is 19.4 Å². The van der Waals surface area contributed by atoms with E-state index < -0.39 is 11.4 Å². The Labute approximate surface area is 92.3 Å². The van der Waals surface area contributed by atoms with Crippen molar-refractivity contribution in [2.45, 2.75) is 19.8 Å². The number of carboxylic acid groups (broad SMARTS) is 1. The molecule has 1 aliphatic heterocycles. The van der Waals surface area contributed by atoms with Gasteiger partial charge in [-0.2, -0.15) is 0 Å². The maximum Gasteiger partial charge on any atom is 0.311 e. The molecule has 1 saturated heterocycles. The van der Waals surface area contributed by atoms with Gasteiger partial charge in [0.05, 0.1) is 16.1 Å². The van der Waals surface area contributed by atoms with E-state index in [1.165, 1.54) is 0 Å². The van der Waals surface area contributed by atoms with Gasteiger partial charge in [-0.05, 0) is 19.9 Å². The Morgan fingerprint density at radius 3 is 3.07 bits per heavy atom. The Balaban J connectivity index is 2.17. The summed E-state index contributed by atoms with van der Waals surface area (Å²) in [7, 11) is 0. The summed E-state index contributed by atoms with van der Waals surface area (Å²) in [6.07, 6.45) is 1.23. The number of hydrogen-bond acceptors (Lipinski definition) is 4. The number of aliphatic carboxylic acids is 1. The van der Waals surface area contributed by atoms with Crippen LogP contribution in [0.1, 0.15) is 17.1 Å². The third kappa shape index (κ3) is 2.03. The fourth-order valence-electron chi connectivity index (χ4n) is 1.99. The number of carboxylic acids is 1. The van der Waals surface area contributed by atoms with Crippen LogP contribution in [0, 0.1) is 12.3 Å². The Bertz CT molecular complexity index is 369. The minimum absolute atomic E-state index is 0.541. The molecule has 1 atom stereocenters. The summed E-state index contributed by atoms with van der Waals surface area (Å²) in [5.74, 6) is -0.710. The molecule has 5 heteroatoms. The van der Waals surface area contributed by atoms with E-state index in [9.17, 15) is 9.90 Å². The molecule has 1 aromatic rings. The predicted octanol–water partition coefficient (Wildman–Crippen LogP) is 1.06. The van der Waals surface area contributed by atoms with Gasteiger partial charge >= 0.3 is 5.97 Å². The van der Waals surface area contributed by atoms with Gasteiger partial charge in [0.15, 0.2) is 0 Å². The lowest BCUT2D eigenvalue weighted by Gasteiger charge is -2.21. The van der Waals surface area contributed by atoms with Crippen LogP contribution in [0.3, 0.4) is 0 Å². The van der Waals surface area contributed by atoms with E-state index >= 15 is 0 Å². The van der Waals surface area contributed by atoms with Crippen LogP contribution in [-0.2, 0) is 11.2 Å². The average Bonchev–Trinajstić information content (AvgIpc) is 2.77. The molecule has 4 nitrogen and oxygen atoms in total. The number of rotatable bonds is 3. The fourth-order valence-corrected chi connectivity index (χ4v) is 2.60. The highest BCUT2D eigenvalue weighted by Gasteiger charge is 2.41. The van der Waals surface area contributed by atoms with Crippen molar-refractivity contribution < 1.29 is 9.90 Å². The van der Waals surface area contributed by atoms with E-state index in [4.69, 9.17) is 0 Å². The van der Waals surface area contributed by atoms with Crippen molar-refractivity contribution in [3.63, 3.8) is 0 Å². The molecule has 1 unspecified atom stereocenters. The molecule has 2 N–H and O–H groups in total. The van der Waals surface area contributed by atoms with Gasteiger partial charge in [0.2, 0.25) is 0 Å². The summed E-state index contributed by atoms with van der Waals surface area (Å²) in [6.45, 7) is 3.28. The van der Waals surface area contributed by atoms with Crippen molar-refractivity contribution in [3.8, 4) is 0 Å². The largest absolute Gasteiger partial charge is 0.481 e. The minimum atomic E-state index is -0.710. The molecule has 0 amide bonds. The van der Waals surface area contributed by atoms with E-state index in [1.807, 2.05) is 12.3 Å². The van der Waals surface area contributed by atoms with Crippen LogP contribution in [0.15, 0.2) is 5.38 Å². The number of hydrogen-bond donors (Lipinski definition) is 2. The van der Waals surface area contributed by atoms with Crippen LogP contribution in [0.25, 0.3) is 0 Å². The Morgan fingerprint density at radius 2 is 2.60 bits per heavy atom. The molecule has 0 saturated carbocycles. The second-order valence-corrected chi connectivity index (χ2v) is 5.11. The van der Waals surface area contributed by atoms with E-state index in [0.717, 1.165) is 17.2 Å². The summed E-state index contributed by atoms with van der Waals surface area (Å²) >= 11 is 1.57. The van der Waals surface area contributed by atoms with Crippen LogP contribution < -0.4 is 5.32 Å². The molecule has 15 heavy (non-hydrogen) atoms. The Kier molecular flexibility index (Phi) is 2.75. The molecule has 0 radical (unpaired) electrons. The van der Waals surface area contributed by atoms with Crippen molar-refractivity contribution >= 4 is 17.3 Å². The topological polar surface area (TPSA) is 62.2 Å². The highest BCUT2D eigenvalue weighted by molar-refractivity contribution is 7.09. The number of nitrogens with one attached hydrogen (secondary N) is 1. The minimum Gasteiger partial charge on any atom is -0.481 e. The van der Waals surface area contributed by atoms with Gasteiger partial charge < -0.3 is 10.4 Å². The number of carbonyl (C=O) groups is 1. The van der Waals surface area contributed by atoms with Gasteiger partial charge in [0.25, 0.3) is 0 Å². The lowest BCUT2D eigenvalue weighted by molar-refractivity contribution is -0.147. The monoisotopic (exact) mass is 226 g/mol. The van der Waals surface area contributed by atoms with Crippen LogP contribution in [-0.4, -0.2) is 29.1 Å². The third-order valence-corrected chi connectivity index (χ3v) is 3.71. The van der Waals surface area contributed by atoms with Crippen molar-refractivity contribution in [1.29, 1.82) is 0 Å². The molecule has 0 aliphatic carbocycles. The van der Waals surface area contributed by atoms with Gasteiger partial charge in [-0.25, -0.2) is 4.98 Å². The second kappa shape index (κ2) is 3.90. The highest BCUT2D eigenvalue weighted by Crippen LogP contribution is 2.30. The van der Waals surface area contributed by atoms with E-state index in [2.05, 4.69) is 10.3 Å². The van der Waals surface area contributed by atoms with Crippen LogP contribution >= 0.6 is 11.3 Å². The highest BCUT2D eigenvalue weighted by atomic mass is 32.1. The van der Waals surface area contributed by atoms with Crippen molar-refractivity contribution in [1.82, 2.24) is 10.3 Å². The number of aromatic nitrogens is 1. The zero-order chi connectivity index (χ0) is 10.9. The van der Waals surface area contributed by atoms with Crippen LogP contribution in [0.4, 0.5) is 0 Å². The first-order chi connectivity index (χ1) is 7.12. The standard InChI is InChI=1S/C10H14N2O2S/c1-7-12-8(5-15-7)4-10(9(13)14)2-3-11-6-10/h5,11H,2-4,6H2,1H3,(H,13,14). The van der Waals surface area contributed by atoms with Gasteiger partial charge in [0.1, 0.15) is 0 Å². The molecule has 2 rings (SSSR count). The smallest absolute Gasteiger partial charge is 0.311 e. The molecule has 1 fully saturated rings. The SMILES string of the molecule is Cc1nc(CC2(C(=O)O)CCNC2)cs1. The van der Waals surface area contributed by atoms with Gasteiger partial charge in [0, 0.05) is 18.3 Å². The van der Waals surface area contributed by atoms with E-state index in [1.54, 1.807) is 11.3 Å². The maximum atomic E-state index is 11.3. The van der Waals surface area contributed by atoms with Crippen molar-refractivity contribution in [2.75, 3.05) is 13.1 Å². The molecule has 82 valence electrons. The molecule has 1 aliphatic rings. The summed E-state index contributed by atoms with van der Waals surface area (Å²) in [5, 5.41) is 15.3. The first-order valence-electron chi connectivity index (χ1n) is 4.97.